The zero-order chi connectivity index (χ0) is 22.3. The minimum Gasteiger partial charge on any atom is -0.337 e. The van der Waals surface area contributed by atoms with Gasteiger partial charge in [-0.3, -0.25) is 4.79 Å². The van der Waals surface area contributed by atoms with Gasteiger partial charge in [0, 0.05) is 31.9 Å². The van der Waals surface area contributed by atoms with E-state index in [1.54, 1.807) is 29.2 Å². The van der Waals surface area contributed by atoms with Gasteiger partial charge < -0.3 is 15.5 Å². The third-order valence-corrected chi connectivity index (χ3v) is 6.62. The molecule has 0 aliphatic carbocycles. The number of aryl methyl sites for hydroxylation is 1. The van der Waals surface area contributed by atoms with Crippen molar-refractivity contribution in [2.75, 3.05) is 31.5 Å². The van der Waals surface area contributed by atoms with E-state index in [-0.39, 0.29) is 35.8 Å². The van der Waals surface area contributed by atoms with Crippen molar-refractivity contribution in [2.45, 2.75) is 24.7 Å². The van der Waals surface area contributed by atoms with Crippen LogP contribution in [-0.2, 0) is 14.8 Å². The molecule has 0 aromatic heterocycles. The van der Waals surface area contributed by atoms with Gasteiger partial charge in [0.25, 0.3) is 0 Å². The van der Waals surface area contributed by atoms with E-state index in [0.29, 0.717) is 13.1 Å². The van der Waals surface area contributed by atoms with Gasteiger partial charge in [0.1, 0.15) is 0 Å². The highest BCUT2D eigenvalue weighted by molar-refractivity contribution is 7.89. The number of hydrogen-bond donors (Lipinski definition) is 3. The van der Waals surface area contributed by atoms with Gasteiger partial charge in [0.2, 0.25) is 15.9 Å². The van der Waals surface area contributed by atoms with E-state index in [4.69, 9.17) is 0 Å². The molecule has 3 N–H and O–H groups in total. The van der Waals surface area contributed by atoms with Crippen LogP contribution in [0.3, 0.4) is 0 Å². The molecule has 0 unspecified atom stereocenters. The maximum absolute atomic E-state index is 12.5. The summed E-state index contributed by atoms with van der Waals surface area (Å²) in [6.07, 6.45) is 1.46. The molecule has 0 bridgehead atoms. The molecule has 0 radical (unpaired) electrons. The lowest BCUT2D eigenvalue weighted by Crippen LogP contribution is -2.49. The largest absolute Gasteiger partial charge is 0.337 e. The molecule has 2 aromatic rings. The predicted octanol–water partition coefficient (Wildman–Crippen LogP) is 2.33. The summed E-state index contributed by atoms with van der Waals surface area (Å²) < 4.78 is 27.0. The number of carbonyl (C=O) groups is 2. The Bertz CT molecular complexity index is 994. The van der Waals surface area contributed by atoms with Crippen LogP contribution in [0.2, 0.25) is 0 Å². The van der Waals surface area contributed by atoms with E-state index in [2.05, 4.69) is 15.4 Å². The molecular formula is C22H28N4O4S. The Morgan fingerprint density at radius 2 is 1.74 bits per heavy atom. The average molecular weight is 445 g/mol. The first-order valence-corrected chi connectivity index (χ1v) is 11.8. The molecule has 2 aromatic carbocycles. The quantitative estimate of drug-likeness (QED) is 0.570. The third-order valence-electron chi connectivity index (χ3n) is 5.15. The number of amides is 3. The maximum Gasteiger partial charge on any atom is 0.317 e. The Hall–Kier alpha value is -2.91. The summed E-state index contributed by atoms with van der Waals surface area (Å²) in [5, 5.41) is 5.61. The number of piperidine rings is 1. The minimum atomic E-state index is -3.62. The first kappa shape index (κ1) is 22.8. The lowest BCUT2D eigenvalue weighted by molar-refractivity contribution is -0.121. The summed E-state index contributed by atoms with van der Waals surface area (Å²) >= 11 is 0. The van der Waals surface area contributed by atoms with Crippen LogP contribution in [0, 0.1) is 12.8 Å². The molecular weight excluding hydrogens is 416 g/mol. The first-order valence-electron chi connectivity index (χ1n) is 10.3. The molecule has 1 heterocycles. The Kier molecular flexibility index (Phi) is 7.64. The van der Waals surface area contributed by atoms with E-state index < -0.39 is 10.0 Å². The normalized spacial score (nSPS) is 16.5. The highest BCUT2D eigenvalue weighted by Crippen LogP contribution is 2.19. The van der Waals surface area contributed by atoms with Crippen LogP contribution in [0.1, 0.15) is 18.4 Å². The monoisotopic (exact) mass is 444 g/mol. The molecule has 8 nitrogen and oxygen atoms in total. The van der Waals surface area contributed by atoms with E-state index in [1.807, 2.05) is 37.3 Å². The maximum atomic E-state index is 12.5. The van der Waals surface area contributed by atoms with E-state index in [9.17, 15) is 18.0 Å². The topological polar surface area (TPSA) is 108 Å². The number of likely N-dealkylation sites (tertiary alicyclic amines) is 1. The van der Waals surface area contributed by atoms with Gasteiger partial charge in [-0.25, -0.2) is 17.9 Å². The highest BCUT2D eigenvalue weighted by atomic mass is 32.2. The van der Waals surface area contributed by atoms with Gasteiger partial charge in [-0.1, -0.05) is 35.9 Å². The van der Waals surface area contributed by atoms with Crippen molar-refractivity contribution >= 4 is 27.6 Å². The molecule has 1 saturated heterocycles. The van der Waals surface area contributed by atoms with Crippen molar-refractivity contribution < 1.29 is 18.0 Å². The fourth-order valence-electron chi connectivity index (χ4n) is 3.41. The summed E-state index contributed by atoms with van der Waals surface area (Å²) in [5.41, 5.74) is 1.71. The summed E-state index contributed by atoms with van der Waals surface area (Å²) in [5.74, 6) is -0.380. The first-order chi connectivity index (χ1) is 14.8. The second kappa shape index (κ2) is 10.4. The highest BCUT2D eigenvalue weighted by Gasteiger charge is 2.28. The summed E-state index contributed by atoms with van der Waals surface area (Å²) in [7, 11) is -3.62. The van der Waals surface area contributed by atoms with Gasteiger partial charge in [-0.15, -0.1) is 0 Å². The zero-order valence-corrected chi connectivity index (χ0v) is 18.3. The Balaban J connectivity index is 1.43. The third kappa shape index (κ3) is 6.53. The molecule has 3 amide bonds. The van der Waals surface area contributed by atoms with Gasteiger partial charge in [-0.05, 0) is 44.0 Å². The SMILES string of the molecule is Cc1ccc(S(=O)(=O)NCCNC(=O)N2CCC[C@@H](C(=O)Nc3ccccc3)C2)cc1. The van der Waals surface area contributed by atoms with Crippen LogP contribution < -0.4 is 15.4 Å². The van der Waals surface area contributed by atoms with E-state index in [0.717, 1.165) is 24.1 Å². The number of nitrogens with one attached hydrogen (secondary N) is 3. The Morgan fingerprint density at radius 3 is 2.45 bits per heavy atom. The van der Waals surface area contributed by atoms with Crippen LogP contribution in [0.15, 0.2) is 59.5 Å². The Morgan fingerprint density at radius 1 is 1.03 bits per heavy atom. The number of nitrogens with zero attached hydrogens (tertiary/aromatic N) is 1. The second-order valence-electron chi connectivity index (χ2n) is 7.58. The fourth-order valence-corrected chi connectivity index (χ4v) is 4.44. The molecule has 31 heavy (non-hydrogen) atoms. The lowest BCUT2D eigenvalue weighted by Gasteiger charge is -2.32. The molecule has 9 heteroatoms. The van der Waals surface area contributed by atoms with Crippen molar-refractivity contribution in [1.82, 2.24) is 14.9 Å². The number of para-hydroxylation sites is 1. The van der Waals surface area contributed by atoms with Crippen LogP contribution in [0.5, 0.6) is 0 Å². The molecule has 0 spiro atoms. The number of anilines is 1. The van der Waals surface area contributed by atoms with E-state index >= 15 is 0 Å². The van der Waals surface area contributed by atoms with Gasteiger partial charge in [0.05, 0.1) is 10.8 Å². The molecule has 1 aliphatic rings. The Labute approximate surface area is 183 Å². The van der Waals surface area contributed by atoms with Crippen LogP contribution in [0.25, 0.3) is 0 Å². The number of benzene rings is 2. The van der Waals surface area contributed by atoms with Crippen LogP contribution in [0.4, 0.5) is 10.5 Å². The smallest absolute Gasteiger partial charge is 0.317 e. The van der Waals surface area contributed by atoms with Crippen molar-refractivity contribution in [3.8, 4) is 0 Å². The van der Waals surface area contributed by atoms with Crippen molar-refractivity contribution in [1.29, 1.82) is 0 Å². The number of urea groups is 1. The van der Waals surface area contributed by atoms with Gasteiger partial charge in [-0.2, -0.15) is 0 Å². The molecule has 1 fully saturated rings. The second-order valence-corrected chi connectivity index (χ2v) is 9.35. The predicted molar refractivity (Wildman–Crippen MR) is 119 cm³/mol. The average Bonchev–Trinajstić information content (AvgIpc) is 2.77. The van der Waals surface area contributed by atoms with Crippen LogP contribution in [-0.4, -0.2) is 51.4 Å². The van der Waals surface area contributed by atoms with Gasteiger partial charge >= 0.3 is 6.03 Å². The van der Waals surface area contributed by atoms with Gasteiger partial charge in [0.15, 0.2) is 0 Å². The van der Waals surface area contributed by atoms with Crippen molar-refractivity contribution in [3.63, 3.8) is 0 Å². The number of carbonyl (C=O) groups excluding carboxylic acids is 2. The van der Waals surface area contributed by atoms with Crippen molar-refractivity contribution in [2.24, 2.45) is 5.92 Å². The lowest BCUT2D eigenvalue weighted by atomic mass is 9.97. The minimum absolute atomic E-state index is 0.0771. The number of sulfonamides is 1. The van der Waals surface area contributed by atoms with E-state index in [1.165, 1.54) is 0 Å². The summed E-state index contributed by atoms with van der Waals surface area (Å²) in [6, 6.07) is 15.5. The molecule has 0 saturated carbocycles. The number of hydrogen-bond acceptors (Lipinski definition) is 4. The number of rotatable bonds is 7. The molecule has 1 atom stereocenters. The van der Waals surface area contributed by atoms with Crippen molar-refractivity contribution in [3.05, 3.63) is 60.2 Å². The standard InChI is InChI=1S/C22H28N4O4S/c1-17-9-11-20(12-10-17)31(29,30)24-14-13-23-22(28)26-15-5-6-18(16-26)21(27)25-19-7-3-2-4-8-19/h2-4,7-12,18,24H,5-6,13-16H2,1H3,(H,23,28)(H,25,27)/t18-/m1/s1. The molecule has 3 rings (SSSR count). The van der Waals surface area contributed by atoms with Crippen LogP contribution >= 0.6 is 0 Å². The fraction of sp³-hybridized carbons (Fsp3) is 0.364. The summed E-state index contributed by atoms with van der Waals surface area (Å²) in [6.45, 7) is 3.01. The summed E-state index contributed by atoms with van der Waals surface area (Å²) in [4.78, 5) is 26.8. The molecule has 1 aliphatic heterocycles. The zero-order valence-electron chi connectivity index (χ0n) is 17.5. The molecule has 166 valence electrons.